The third kappa shape index (κ3) is 1.86. The van der Waals surface area contributed by atoms with Gasteiger partial charge in [0, 0.05) is 6.04 Å². The summed E-state index contributed by atoms with van der Waals surface area (Å²) in [6.07, 6.45) is 6.00. The van der Waals surface area contributed by atoms with E-state index in [1.165, 1.54) is 19.3 Å². The Morgan fingerprint density at radius 2 is 2.09 bits per heavy atom. The Hall–Kier alpha value is -0.710. The van der Waals surface area contributed by atoms with Crippen LogP contribution in [0.3, 0.4) is 0 Å². The molecule has 0 bridgehead atoms. The molecule has 11 heavy (non-hydrogen) atoms. The zero-order valence-corrected chi connectivity index (χ0v) is 7.30. The lowest BCUT2D eigenvalue weighted by molar-refractivity contribution is 0.204. The molecule has 1 atom stereocenters. The molecule has 1 N–H and O–H groups in total. The second-order valence-electron chi connectivity index (χ2n) is 3.72. The van der Waals surface area contributed by atoms with Gasteiger partial charge >= 0.3 is 0 Å². The van der Waals surface area contributed by atoms with Gasteiger partial charge in [-0.2, -0.15) is 5.26 Å². The molecule has 2 nitrogen and oxygen atoms in total. The van der Waals surface area contributed by atoms with Gasteiger partial charge in [0.25, 0.3) is 0 Å². The van der Waals surface area contributed by atoms with Gasteiger partial charge in [-0.3, -0.25) is 0 Å². The lowest BCUT2D eigenvalue weighted by atomic mass is 9.76. The molecule has 2 heteroatoms. The summed E-state index contributed by atoms with van der Waals surface area (Å²) in [5.74, 6) is 1.34. The summed E-state index contributed by atoms with van der Waals surface area (Å²) < 4.78 is 0. The minimum atomic E-state index is 0.425. The molecule has 0 amide bonds. The molecule has 0 aromatic rings. The van der Waals surface area contributed by atoms with Crippen molar-refractivity contribution in [2.24, 2.45) is 11.8 Å². The zero-order chi connectivity index (χ0) is 8.27. The molecular formula is C9H16N2. The number of hydrogen-bond acceptors (Lipinski definition) is 2. The Kier molecular flexibility index (Phi) is 2.76. The van der Waals surface area contributed by atoms with Crippen molar-refractivity contribution in [3.8, 4) is 6.19 Å². The molecule has 1 fully saturated rings. The summed E-state index contributed by atoms with van der Waals surface area (Å²) in [5, 5.41) is 11.4. The lowest BCUT2D eigenvalue weighted by Crippen LogP contribution is -2.40. The highest BCUT2D eigenvalue weighted by molar-refractivity contribution is 4.88. The van der Waals surface area contributed by atoms with Crippen molar-refractivity contribution in [2.45, 2.75) is 39.2 Å². The first kappa shape index (κ1) is 8.39. The van der Waals surface area contributed by atoms with Crippen molar-refractivity contribution in [2.75, 3.05) is 0 Å². The van der Waals surface area contributed by atoms with Gasteiger partial charge in [0.15, 0.2) is 6.19 Å². The standard InChI is InChI=1S/C9H16N2/c1-7(2)9(11-6-10)8-4-3-5-8/h7-9,11H,3-5H2,1-2H3. The molecule has 0 aromatic carbocycles. The predicted octanol–water partition coefficient (Wildman–Crippen LogP) is 1.88. The normalized spacial score (nSPS) is 20.5. The maximum atomic E-state index is 8.49. The van der Waals surface area contributed by atoms with Gasteiger partial charge < -0.3 is 5.32 Å². The summed E-state index contributed by atoms with van der Waals surface area (Å²) in [5.41, 5.74) is 0. The maximum absolute atomic E-state index is 8.49. The van der Waals surface area contributed by atoms with Crippen LogP contribution in [0.2, 0.25) is 0 Å². The fourth-order valence-corrected chi connectivity index (χ4v) is 1.70. The average molecular weight is 152 g/mol. The molecule has 1 saturated carbocycles. The van der Waals surface area contributed by atoms with Gasteiger partial charge in [0.2, 0.25) is 0 Å². The predicted molar refractivity (Wildman–Crippen MR) is 44.7 cm³/mol. The largest absolute Gasteiger partial charge is 0.320 e. The third-order valence-electron chi connectivity index (χ3n) is 2.61. The van der Waals surface area contributed by atoms with Gasteiger partial charge in [0.1, 0.15) is 0 Å². The minimum absolute atomic E-state index is 0.425. The van der Waals surface area contributed by atoms with E-state index in [0.717, 1.165) is 5.92 Å². The van der Waals surface area contributed by atoms with Crippen molar-refractivity contribution >= 4 is 0 Å². The van der Waals surface area contributed by atoms with Crippen LogP contribution in [0, 0.1) is 23.3 Å². The topological polar surface area (TPSA) is 35.8 Å². The third-order valence-corrected chi connectivity index (χ3v) is 2.61. The molecule has 0 aliphatic heterocycles. The van der Waals surface area contributed by atoms with Gasteiger partial charge in [0.05, 0.1) is 0 Å². The van der Waals surface area contributed by atoms with Crippen molar-refractivity contribution < 1.29 is 0 Å². The highest BCUT2D eigenvalue weighted by Gasteiger charge is 2.28. The SMILES string of the molecule is CC(C)C(NC#N)C1CCC1. The highest BCUT2D eigenvalue weighted by atomic mass is 14.9. The lowest BCUT2D eigenvalue weighted by Gasteiger charge is -2.35. The Bertz CT molecular complexity index is 153. The molecule has 1 aliphatic rings. The quantitative estimate of drug-likeness (QED) is 0.495. The Balaban J connectivity index is 2.39. The van der Waals surface area contributed by atoms with Crippen LogP contribution in [0.1, 0.15) is 33.1 Å². The molecule has 1 rings (SSSR count). The minimum Gasteiger partial charge on any atom is -0.320 e. The number of nitrogens with one attached hydrogen (secondary N) is 1. The summed E-state index contributed by atoms with van der Waals surface area (Å²) in [7, 11) is 0. The van der Waals surface area contributed by atoms with Crippen molar-refractivity contribution in [3.05, 3.63) is 0 Å². The van der Waals surface area contributed by atoms with E-state index >= 15 is 0 Å². The first-order valence-electron chi connectivity index (χ1n) is 4.40. The van der Waals surface area contributed by atoms with Gasteiger partial charge in [-0.1, -0.05) is 20.3 Å². The van der Waals surface area contributed by atoms with Crippen LogP contribution in [0.25, 0.3) is 0 Å². The van der Waals surface area contributed by atoms with E-state index < -0.39 is 0 Å². The monoisotopic (exact) mass is 152 g/mol. The molecule has 1 aliphatic carbocycles. The molecule has 0 heterocycles. The summed E-state index contributed by atoms with van der Waals surface area (Å²) in [4.78, 5) is 0. The number of hydrogen-bond donors (Lipinski definition) is 1. The van der Waals surface area contributed by atoms with Gasteiger partial charge in [-0.25, -0.2) is 0 Å². The van der Waals surface area contributed by atoms with Crippen LogP contribution in [-0.2, 0) is 0 Å². The number of nitrogens with zero attached hydrogens (tertiary/aromatic N) is 1. The molecule has 0 radical (unpaired) electrons. The van der Waals surface area contributed by atoms with E-state index in [4.69, 9.17) is 5.26 Å². The van der Waals surface area contributed by atoms with Gasteiger partial charge in [-0.05, 0) is 24.7 Å². The fourth-order valence-electron chi connectivity index (χ4n) is 1.70. The van der Waals surface area contributed by atoms with E-state index in [1.54, 1.807) is 0 Å². The number of rotatable bonds is 3. The second kappa shape index (κ2) is 3.61. The van der Waals surface area contributed by atoms with E-state index in [9.17, 15) is 0 Å². The molecular weight excluding hydrogens is 136 g/mol. The average Bonchev–Trinajstić information content (AvgIpc) is 1.82. The van der Waals surface area contributed by atoms with E-state index in [0.29, 0.717) is 12.0 Å². The van der Waals surface area contributed by atoms with Gasteiger partial charge in [-0.15, -0.1) is 0 Å². The van der Waals surface area contributed by atoms with Crippen LogP contribution in [0.15, 0.2) is 0 Å². The Morgan fingerprint density at radius 1 is 1.45 bits per heavy atom. The smallest absolute Gasteiger partial charge is 0.176 e. The van der Waals surface area contributed by atoms with Crippen molar-refractivity contribution in [1.29, 1.82) is 5.26 Å². The maximum Gasteiger partial charge on any atom is 0.176 e. The highest BCUT2D eigenvalue weighted by Crippen LogP contribution is 2.32. The molecule has 0 aromatic heterocycles. The second-order valence-corrected chi connectivity index (χ2v) is 3.72. The molecule has 1 unspecified atom stereocenters. The van der Waals surface area contributed by atoms with Crippen LogP contribution in [0.4, 0.5) is 0 Å². The van der Waals surface area contributed by atoms with E-state index in [1.807, 2.05) is 6.19 Å². The van der Waals surface area contributed by atoms with Crippen LogP contribution in [0.5, 0.6) is 0 Å². The molecule has 0 saturated heterocycles. The van der Waals surface area contributed by atoms with Crippen molar-refractivity contribution in [1.82, 2.24) is 5.32 Å². The van der Waals surface area contributed by atoms with Crippen LogP contribution >= 0.6 is 0 Å². The first-order chi connectivity index (χ1) is 5.25. The van der Waals surface area contributed by atoms with Crippen LogP contribution < -0.4 is 5.32 Å². The van der Waals surface area contributed by atoms with Crippen molar-refractivity contribution in [3.63, 3.8) is 0 Å². The Labute approximate surface area is 68.6 Å². The molecule has 0 spiro atoms. The molecule has 62 valence electrons. The number of nitriles is 1. The fraction of sp³-hybridized carbons (Fsp3) is 0.889. The summed E-state index contributed by atoms with van der Waals surface area (Å²) >= 11 is 0. The first-order valence-corrected chi connectivity index (χ1v) is 4.40. The summed E-state index contributed by atoms with van der Waals surface area (Å²) in [6, 6.07) is 0.425. The van der Waals surface area contributed by atoms with E-state index in [2.05, 4.69) is 19.2 Å². The summed E-state index contributed by atoms with van der Waals surface area (Å²) in [6.45, 7) is 4.35. The van der Waals surface area contributed by atoms with E-state index in [-0.39, 0.29) is 0 Å². The van der Waals surface area contributed by atoms with Crippen LogP contribution in [-0.4, -0.2) is 6.04 Å². The zero-order valence-electron chi connectivity index (χ0n) is 7.30. The Morgan fingerprint density at radius 3 is 2.36 bits per heavy atom.